The van der Waals surface area contributed by atoms with E-state index < -0.39 is 5.82 Å². The maximum atomic E-state index is 13.7. The first-order valence-corrected chi connectivity index (χ1v) is 7.17. The summed E-state index contributed by atoms with van der Waals surface area (Å²) in [5.74, 6) is -0.356. The molecule has 7 heteroatoms. The number of carbonyl (C=O) groups is 2. The second kappa shape index (κ2) is 7.11. The van der Waals surface area contributed by atoms with Gasteiger partial charge in [0.2, 0.25) is 5.91 Å². The molecule has 0 saturated carbocycles. The van der Waals surface area contributed by atoms with Gasteiger partial charge in [0.1, 0.15) is 0 Å². The van der Waals surface area contributed by atoms with E-state index in [1.807, 2.05) is 0 Å². The Morgan fingerprint density at radius 1 is 1.45 bits per heavy atom. The highest BCUT2D eigenvalue weighted by atomic mass is 19.1. The van der Waals surface area contributed by atoms with E-state index >= 15 is 0 Å². The van der Waals surface area contributed by atoms with E-state index in [4.69, 9.17) is 4.74 Å². The van der Waals surface area contributed by atoms with Crippen molar-refractivity contribution in [3.8, 4) is 5.75 Å². The van der Waals surface area contributed by atoms with Gasteiger partial charge >= 0.3 is 6.03 Å². The van der Waals surface area contributed by atoms with Crippen molar-refractivity contribution >= 4 is 11.9 Å². The predicted molar refractivity (Wildman–Crippen MR) is 79.1 cm³/mol. The first-order valence-electron chi connectivity index (χ1n) is 7.17. The van der Waals surface area contributed by atoms with Crippen LogP contribution in [0.4, 0.5) is 9.18 Å². The lowest BCUT2D eigenvalue weighted by Crippen LogP contribution is -2.42. The van der Waals surface area contributed by atoms with Crippen LogP contribution < -0.4 is 15.4 Å². The van der Waals surface area contributed by atoms with Crippen LogP contribution in [0.25, 0.3) is 0 Å². The van der Waals surface area contributed by atoms with Gasteiger partial charge in [-0.1, -0.05) is 6.07 Å². The highest BCUT2D eigenvalue weighted by Crippen LogP contribution is 2.21. The monoisotopic (exact) mass is 309 g/mol. The van der Waals surface area contributed by atoms with Crippen molar-refractivity contribution in [3.05, 3.63) is 29.6 Å². The number of hydrogen-bond acceptors (Lipinski definition) is 3. The van der Waals surface area contributed by atoms with Crippen molar-refractivity contribution in [2.24, 2.45) is 0 Å². The third kappa shape index (κ3) is 3.87. The summed E-state index contributed by atoms with van der Waals surface area (Å²) in [4.78, 5) is 25.1. The molecule has 0 aliphatic carbocycles. The minimum atomic E-state index is -0.467. The van der Waals surface area contributed by atoms with Gasteiger partial charge in [-0.2, -0.15) is 0 Å². The smallest absolute Gasteiger partial charge is 0.317 e. The summed E-state index contributed by atoms with van der Waals surface area (Å²) >= 11 is 0. The van der Waals surface area contributed by atoms with E-state index in [0.717, 1.165) is 0 Å². The molecule has 3 amide bonds. The van der Waals surface area contributed by atoms with Crippen LogP contribution in [-0.2, 0) is 4.79 Å². The first-order chi connectivity index (χ1) is 10.5. The topological polar surface area (TPSA) is 70.7 Å². The number of amides is 3. The number of halogens is 1. The molecule has 2 rings (SSSR count). The highest BCUT2D eigenvalue weighted by Gasteiger charge is 2.20. The first kappa shape index (κ1) is 16.1. The number of ether oxygens (including phenoxy) is 1. The molecule has 0 unspecified atom stereocenters. The quantitative estimate of drug-likeness (QED) is 0.887. The number of urea groups is 1. The van der Waals surface area contributed by atoms with Crippen molar-refractivity contribution in [1.82, 2.24) is 15.5 Å². The molecule has 1 aliphatic heterocycles. The fourth-order valence-electron chi connectivity index (χ4n) is 2.28. The molecule has 0 bridgehead atoms. The van der Waals surface area contributed by atoms with Crippen LogP contribution in [0, 0.1) is 5.82 Å². The van der Waals surface area contributed by atoms with Crippen LogP contribution in [0.1, 0.15) is 24.9 Å². The normalized spacial score (nSPS) is 16.5. The average Bonchev–Trinajstić information content (AvgIpc) is 2.71. The molecule has 1 aliphatic rings. The molecule has 1 atom stereocenters. The van der Waals surface area contributed by atoms with Gasteiger partial charge < -0.3 is 20.3 Å². The van der Waals surface area contributed by atoms with Crippen LogP contribution in [0.15, 0.2) is 18.2 Å². The SMILES string of the molecule is COc1ccc([C@@H](C)NC(=O)N2CCNC(=O)CC2)cc1F. The molecular formula is C15H20FN3O3. The van der Waals surface area contributed by atoms with Gasteiger partial charge in [0, 0.05) is 26.1 Å². The number of benzene rings is 1. The summed E-state index contributed by atoms with van der Waals surface area (Å²) in [5.41, 5.74) is 0.649. The van der Waals surface area contributed by atoms with E-state index in [1.54, 1.807) is 17.9 Å². The molecule has 2 N–H and O–H groups in total. The molecule has 1 aromatic rings. The molecule has 120 valence electrons. The van der Waals surface area contributed by atoms with E-state index in [9.17, 15) is 14.0 Å². The zero-order valence-corrected chi connectivity index (χ0v) is 12.7. The Morgan fingerprint density at radius 2 is 2.23 bits per heavy atom. The summed E-state index contributed by atoms with van der Waals surface area (Å²) in [6.07, 6.45) is 0.291. The van der Waals surface area contributed by atoms with Crippen molar-refractivity contribution in [2.45, 2.75) is 19.4 Å². The third-order valence-corrected chi connectivity index (χ3v) is 3.62. The van der Waals surface area contributed by atoms with Crippen molar-refractivity contribution in [3.63, 3.8) is 0 Å². The lowest BCUT2D eigenvalue weighted by atomic mass is 10.1. The molecular weight excluding hydrogens is 289 g/mol. The standard InChI is InChI=1S/C15H20FN3O3/c1-10(11-3-4-13(22-2)12(16)9-11)18-15(21)19-7-5-14(20)17-6-8-19/h3-4,9-10H,5-8H2,1-2H3,(H,17,20)(H,18,21)/t10-/m1/s1. The van der Waals surface area contributed by atoms with E-state index in [0.29, 0.717) is 31.6 Å². The largest absolute Gasteiger partial charge is 0.494 e. The summed E-state index contributed by atoms with van der Waals surface area (Å²) in [7, 11) is 1.40. The number of nitrogens with zero attached hydrogens (tertiary/aromatic N) is 1. The van der Waals surface area contributed by atoms with Crippen molar-refractivity contribution in [2.75, 3.05) is 26.7 Å². The molecule has 6 nitrogen and oxygen atoms in total. The fourth-order valence-corrected chi connectivity index (χ4v) is 2.28. The van der Waals surface area contributed by atoms with E-state index in [-0.39, 0.29) is 23.7 Å². The van der Waals surface area contributed by atoms with Crippen LogP contribution >= 0.6 is 0 Å². The third-order valence-electron chi connectivity index (χ3n) is 3.62. The van der Waals surface area contributed by atoms with Gasteiger partial charge in [-0.25, -0.2) is 9.18 Å². The summed E-state index contributed by atoms with van der Waals surface area (Å²) in [5, 5.41) is 5.52. The second-order valence-electron chi connectivity index (χ2n) is 5.15. The molecule has 0 spiro atoms. The Labute approximate surface area is 128 Å². The molecule has 1 heterocycles. The minimum absolute atomic E-state index is 0.0550. The molecule has 1 aromatic carbocycles. The average molecular weight is 309 g/mol. The summed E-state index contributed by atoms with van der Waals surface area (Å²) in [6, 6.07) is 3.97. The van der Waals surface area contributed by atoms with Gasteiger partial charge in [-0.3, -0.25) is 4.79 Å². The molecule has 0 aromatic heterocycles. The minimum Gasteiger partial charge on any atom is -0.494 e. The summed E-state index contributed by atoms with van der Waals surface area (Å²) in [6.45, 7) is 3.06. The van der Waals surface area contributed by atoms with Gasteiger partial charge in [-0.05, 0) is 24.6 Å². The Balaban J connectivity index is 1.98. The van der Waals surface area contributed by atoms with Crippen LogP contribution in [0.3, 0.4) is 0 Å². The van der Waals surface area contributed by atoms with Crippen LogP contribution in [0.2, 0.25) is 0 Å². The van der Waals surface area contributed by atoms with Crippen LogP contribution in [-0.4, -0.2) is 43.6 Å². The van der Waals surface area contributed by atoms with E-state index in [2.05, 4.69) is 10.6 Å². The maximum absolute atomic E-state index is 13.7. The van der Waals surface area contributed by atoms with Crippen molar-refractivity contribution < 1.29 is 18.7 Å². The van der Waals surface area contributed by atoms with E-state index in [1.165, 1.54) is 19.2 Å². The Hall–Kier alpha value is -2.31. The molecule has 22 heavy (non-hydrogen) atoms. The number of methoxy groups -OCH3 is 1. The lowest BCUT2D eigenvalue weighted by molar-refractivity contribution is -0.120. The summed E-state index contributed by atoms with van der Waals surface area (Å²) < 4.78 is 18.6. The Kier molecular flexibility index (Phi) is 5.19. The Morgan fingerprint density at radius 3 is 2.91 bits per heavy atom. The number of nitrogens with one attached hydrogen (secondary N) is 2. The Bertz CT molecular complexity index is 565. The fraction of sp³-hybridized carbons (Fsp3) is 0.467. The molecule has 1 saturated heterocycles. The van der Waals surface area contributed by atoms with Gasteiger partial charge in [0.25, 0.3) is 0 Å². The van der Waals surface area contributed by atoms with Crippen molar-refractivity contribution in [1.29, 1.82) is 0 Å². The number of carbonyl (C=O) groups excluding carboxylic acids is 2. The number of hydrogen-bond donors (Lipinski definition) is 2. The number of rotatable bonds is 3. The molecule has 0 radical (unpaired) electrons. The molecule has 1 fully saturated rings. The second-order valence-corrected chi connectivity index (χ2v) is 5.15. The highest BCUT2D eigenvalue weighted by molar-refractivity contribution is 5.79. The zero-order chi connectivity index (χ0) is 16.1. The van der Waals surface area contributed by atoms with Gasteiger partial charge in [0.05, 0.1) is 13.2 Å². The zero-order valence-electron chi connectivity index (χ0n) is 12.7. The maximum Gasteiger partial charge on any atom is 0.317 e. The van der Waals surface area contributed by atoms with Crippen LogP contribution in [0.5, 0.6) is 5.75 Å². The lowest BCUT2D eigenvalue weighted by Gasteiger charge is -2.23. The predicted octanol–water partition coefficient (Wildman–Crippen LogP) is 1.43. The van der Waals surface area contributed by atoms with Gasteiger partial charge in [-0.15, -0.1) is 0 Å². The van der Waals surface area contributed by atoms with Gasteiger partial charge in [0.15, 0.2) is 11.6 Å².